The van der Waals surface area contributed by atoms with E-state index in [2.05, 4.69) is 15.8 Å². The molecule has 0 atom stereocenters. The first-order valence-electron chi connectivity index (χ1n) is 8.46. The highest BCUT2D eigenvalue weighted by Crippen LogP contribution is 2.20. The van der Waals surface area contributed by atoms with E-state index < -0.39 is 5.41 Å². The Kier molecular flexibility index (Phi) is 6.02. The lowest BCUT2D eigenvalue weighted by Gasteiger charge is -2.17. The predicted molar refractivity (Wildman–Crippen MR) is 98.0 cm³/mol. The average Bonchev–Trinajstić information content (AvgIpc) is 3.02. The number of ether oxygens (including phenoxy) is 1. The van der Waals surface area contributed by atoms with Gasteiger partial charge in [-0.15, -0.1) is 0 Å². The van der Waals surface area contributed by atoms with Crippen LogP contribution < -0.4 is 15.4 Å². The van der Waals surface area contributed by atoms with Crippen molar-refractivity contribution in [2.24, 2.45) is 5.41 Å². The van der Waals surface area contributed by atoms with E-state index in [1.54, 1.807) is 30.3 Å². The Labute approximate surface area is 153 Å². The van der Waals surface area contributed by atoms with Gasteiger partial charge in [0.15, 0.2) is 11.5 Å². The SMILES string of the molecule is CC(C)NC(=O)c1cc(COc2ccc(NC(=O)C(C)(C)C)cc2)on1. The van der Waals surface area contributed by atoms with Gasteiger partial charge in [-0.05, 0) is 38.1 Å². The van der Waals surface area contributed by atoms with Crippen molar-refractivity contribution in [3.05, 3.63) is 41.8 Å². The molecule has 1 aromatic heterocycles. The fourth-order valence-electron chi connectivity index (χ4n) is 1.93. The number of amides is 2. The minimum Gasteiger partial charge on any atom is -0.486 e. The normalized spacial score (nSPS) is 11.3. The molecule has 0 saturated carbocycles. The summed E-state index contributed by atoms with van der Waals surface area (Å²) in [6.07, 6.45) is 0. The van der Waals surface area contributed by atoms with Gasteiger partial charge in [0.05, 0.1) is 0 Å². The summed E-state index contributed by atoms with van der Waals surface area (Å²) < 4.78 is 10.7. The van der Waals surface area contributed by atoms with Gasteiger partial charge in [0, 0.05) is 23.2 Å². The molecule has 0 fully saturated rings. The third-order valence-electron chi connectivity index (χ3n) is 3.39. The van der Waals surface area contributed by atoms with Crippen molar-refractivity contribution in [3.8, 4) is 5.75 Å². The molecule has 0 unspecified atom stereocenters. The number of anilines is 1. The number of benzene rings is 1. The first-order chi connectivity index (χ1) is 12.1. The van der Waals surface area contributed by atoms with Crippen LogP contribution in [0.25, 0.3) is 0 Å². The van der Waals surface area contributed by atoms with Crippen LogP contribution in [0, 0.1) is 5.41 Å². The average molecular weight is 359 g/mol. The monoisotopic (exact) mass is 359 g/mol. The van der Waals surface area contributed by atoms with E-state index in [0.29, 0.717) is 17.2 Å². The lowest BCUT2D eigenvalue weighted by molar-refractivity contribution is -0.123. The third-order valence-corrected chi connectivity index (χ3v) is 3.39. The standard InChI is InChI=1S/C19H25N3O4/c1-12(2)20-17(23)16-10-15(26-22-16)11-25-14-8-6-13(7-9-14)21-18(24)19(3,4)5/h6-10,12H,11H2,1-5H3,(H,20,23)(H,21,24). The molecule has 2 N–H and O–H groups in total. The number of carbonyl (C=O) groups excluding carboxylic acids is 2. The smallest absolute Gasteiger partial charge is 0.273 e. The molecular formula is C19H25N3O4. The highest BCUT2D eigenvalue weighted by Gasteiger charge is 2.21. The van der Waals surface area contributed by atoms with Crippen molar-refractivity contribution >= 4 is 17.5 Å². The molecule has 0 bridgehead atoms. The van der Waals surface area contributed by atoms with Gasteiger partial charge in [0.25, 0.3) is 5.91 Å². The molecule has 0 radical (unpaired) electrons. The van der Waals surface area contributed by atoms with E-state index in [0.717, 1.165) is 0 Å². The highest BCUT2D eigenvalue weighted by molar-refractivity contribution is 5.94. The molecule has 7 heteroatoms. The van der Waals surface area contributed by atoms with Crippen LogP contribution in [0.1, 0.15) is 50.9 Å². The lowest BCUT2D eigenvalue weighted by atomic mass is 9.95. The summed E-state index contributed by atoms with van der Waals surface area (Å²) in [5.41, 5.74) is 0.461. The van der Waals surface area contributed by atoms with E-state index in [1.165, 1.54) is 0 Å². The number of nitrogens with one attached hydrogen (secondary N) is 2. The Bertz CT molecular complexity index is 758. The van der Waals surface area contributed by atoms with Crippen molar-refractivity contribution in [3.63, 3.8) is 0 Å². The van der Waals surface area contributed by atoms with Crippen LogP contribution in [0.2, 0.25) is 0 Å². The number of hydrogen-bond acceptors (Lipinski definition) is 5. The maximum Gasteiger partial charge on any atom is 0.273 e. The molecule has 7 nitrogen and oxygen atoms in total. The predicted octanol–water partition coefficient (Wildman–Crippen LogP) is 3.38. The molecule has 0 spiro atoms. The Hall–Kier alpha value is -2.83. The summed E-state index contributed by atoms with van der Waals surface area (Å²) in [4.78, 5) is 23.8. The molecule has 2 aromatic rings. The quantitative estimate of drug-likeness (QED) is 0.825. The van der Waals surface area contributed by atoms with Crippen molar-refractivity contribution in [1.29, 1.82) is 0 Å². The minimum absolute atomic E-state index is 0.0242. The van der Waals surface area contributed by atoms with Crippen LogP contribution in [-0.2, 0) is 11.4 Å². The van der Waals surface area contributed by atoms with E-state index >= 15 is 0 Å². The van der Waals surface area contributed by atoms with E-state index in [9.17, 15) is 9.59 Å². The second-order valence-electron chi connectivity index (χ2n) is 7.32. The third kappa shape index (κ3) is 5.61. The Morgan fingerprint density at radius 2 is 1.85 bits per heavy atom. The Balaban J connectivity index is 1.89. The molecule has 2 rings (SSSR count). The zero-order chi connectivity index (χ0) is 19.3. The van der Waals surface area contributed by atoms with Crippen LogP contribution in [0.4, 0.5) is 5.69 Å². The second-order valence-corrected chi connectivity index (χ2v) is 7.32. The van der Waals surface area contributed by atoms with Gasteiger partial charge in [-0.3, -0.25) is 9.59 Å². The first-order valence-corrected chi connectivity index (χ1v) is 8.46. The first kappa shape index (κ1) is 19.5. The van der Waals surface area contributed by atoms with Gasteiger partial charge in [0.2, 0.25) is 5.91 Å². The molecule has 0 saturated heterocycles. The van der Waals surface area contributed by atoms with E-state index in [1.807, 2.05) is 34.6 Å². The maximum atomic E-state index is 12.0. The largest absolute Gasteiger partial charge is 0.486 e. The summed E-state index contributed by atoms with van der Waals surface area (Å²) in [6.45, 7) is 9.45. The summed E-state index contributed by atoms with van der Waals surface area (Å²) in [5, 5.41) is 9.33. The molecule has 26 heavy (non-hydrogen) atoms. The molecule has 0 aliphatic carbocycles. The van der Waals surface area contributed by atoms with Gasteiger partial charge in [-0.1, -0.05) is 25.9 Å². The van der Waals surface area contributed by atoms with Crippen molar-refractivity contribution < 1.29 is 18.8 Å². The van der Waals surface area contributed by atoms with Crippen LogP contribution >= 0.6 is 0 Å². The van der Waals surface area contributed by atoms with Crippen molar-refractivity contribution in [2.75, 3.05) is 5.32 Å². The lowest BCUT2D eigenvalue weighted by Crippen LogP contribution is -2.30. The number of rotatable bonds is 6. The molecular weight excluding hydrogens is 334 g/mol. The molecule has 1 heterocycles. The number of hydrogen-bond donors (Lipinski definition) is 2. The van der Waals surface area contributed by atoms with Gasteiger partial charge in [-0.2, -0.15) is 0 Å². The second kappa shape index (κ2) is 8.03. The van der Waals surface area contributed by atoms with Crippen LogP contribution in [0.5, 0.6) is 5.75 Å². The van der Waals surface area contributed by atoms with Crippen molar-refractivity contribution in [1.82, 2.24) is 10.5 Å². The number of nitrogens with zero attached hydrogens (tertiary/aromatic N) is 1. The zero-order valence-electron chi connectivity index (χ0n) is 15.8. The van der Waals surface area contributed by atoms with Gasteiger partial charge in [0.1, 0.15) is 12.4 Å². The zero-order valence-corrected chi connectivity index (χ0v) is 15.8. The molecule has 2 amide bonds. The van der Waals surface area contributed by atoms with Crippen LogP contribution in [-0.4, -0.2) is 23.0 Å². The highest BCUT2D eigenvalue weighted by atomic mass is 16.5. The topological polar surface area (TPSA) is 93.5 Å². The van der Waals surface area contributed by atoms with Crippen molar-refractivity contribution in [2.45, 2.75) is 47.3 Å². The minimum atomic E-state index is -0.457. The molecule has 0 aliphatic heterocycles. The van der Waals surface area contributed by atoms with Gasteiger partial charge in [-0.25, -0.2) is 0 Å². The summed E-state index contributed by atoms with van der Waals surface area (Å²) in [6, 6.07) is 8.61. The maximum absolute atomic E-state index is 12.0. The molecule has 140 valence electrons. The van der Waals surface area contributed by atoms with Gasteiger partial charge >= 0.3 is 0 Å². The van der Waals surface area contributed by atoms with E-state index in [-0.39, 0.29) is 30.2 Å². The number of carbonyl (C=O) groups is 2. The fraction of sp³-hybridized carbons (Fsp3) is 0.421. The Morgan fingerprint density at radius 1 is 1.19 bits per heavy atom. The Morgan fingerprint density at radius 3 is 2.42 bits per heavy atom. The molecule has 1 aromatic carbocycles. The number of aromatic nitrogens is 1. The summed E-state index contributed by atoms with van der Waals surface area (Å²) in [7, 11) is 0. The van der Waals surface area contributed by atoms with Crippen LogP contribution in [0.3, 0.4) is 0 Å². The fourth-order valence-corrected chi connectivity index (χ4v) is 1.93. The van der Waals surface area contributed by atoms with Gasteiger partial charge < -0.3 is 19.9 Å². The summed E-state index contributed by atoms with van der Waals surface area (Å²) >= 11 is 0. The summed E-state index contributed by atoms with van der Waals surface area (Å²) in [5.74, 6) is 0.723. The molecule has 0 aliphatic rings. The van der Waals surface area contributed by atoms with E-state index in [4.69, 9.17) is 9.26 Å². The van der Waals surface area contributed by atoms with Crippen LogP contribution in [0.15, 0.2) is 34.9 Å².